The second-order valence-corrected chi connectivity index (χ2v) is 12.1. The Hall–Kier alpha value is -4.25. The zero-order valence-corrected chi connectivity index (χ0v) is 27.1. The molecule has 2 atom stereocenters. The van der Waals surface area contributed by atoms with Crippen LogP contribution in [0.4, 0.5) is 14.5 Å². The van der Waals surface area contributed by atoms with Gasteiger partial charge in [-0.3, -0.25) is 14.4 Å². The summed E-state index contributed by atoms with van der Waals surface area (Å²) < 4.78 is 29.8. The number of aliphatic hydroxyl groups excluding tert-OH is 1. The van der Waals surface area contributed by atoms with Crippen molar-refractivity contribution in [2.45, 2.75) is 65.0 Å². The fourth-order valence-corrected chi connectivity index (χ4v) is 5.91. The van der Waals surface area contributed by atoms with Crippen molar-refractivity contribution in [3.63, 3.8) is 0 Å². The van der Waals surface area contributed by atoms with Gasteiger partial charge in [-0.1, -0.05) is 13.8 Å². The molecule has 0 spiro atoms. The van der Waals surface area contributed by atoms with Crippen LogP contribution >= 0.6 is 0 Å². The fourth-order valence-electron chi connectivity index (χ4n) is 5.91. The number of likely N-dealkylation sites (tertiary alicyclic amines) is 1. The van der Waals surface area contributed by atoms with Crippen molar-refractivity contribution in [1.29, 1.82) is 0 Å². The van der Waals surface area contributed by atoms with Crippen molar-refractivity contribution in [2.24, 2.45) is 7.05 Å². The van der Waals surface area contributed by atoms with Gasteiger partial charge in [0.2, 0.25) is 0 Å². The van der Waals surface area contributed by atoms with Crippen LogP contribution in [0.5, 0.6) is 0 Å². The highest BCUT2D eigenvalue weighted by atomic mass is 19.1. The van der Waals surface area contributed by atoms with E-state index in [2.05, 4.69) is 10.6 Å². The lowest BCUT2D eigenvalue weighted by Crippen LogP contribution is -2.47. The number of aliphatic hydroxyl groups is 1. The molecule has 1 aliphatic rings. The lowest BCUT2D eigenvalue weighted by molar-refractivity contribution is 0.0753. The van der Waals surface area contributed by atoms with Crippen LogP contribution in [0.25, 0.3) is 0 Å². The van der Waals surface area contributed by atoms with Crippen molar-refractivity contribution in [2.75, 3.05) is 38.0 Å². The van der Waals surface area contributed by atoms with Gasteiger partial charge in [0.15, 0.2) is 0 Å². The van der Waals surface area contributed by atoms with Gasteiger partial charge in [0.1, 0.15) is 17.3 Å². The Bertz CT molecular complexity index is 1510. The van der Waals surface area contributed by atoms with E-state index in [9.17, 15) is 28.3 Å². The Balaban J connectivity index is 1.53. The molecular formula is C35H45F2N5O4. The third kappa shape index (κ3) is 8.93. The number of carbonyl (C=O) groups excluding carboxylic acids is 3. The van der Waals surface area contributed by atoms with Crippen molar-refractivity contribution >= 4 is 23.4 Å². The maximum Gasteiger partial charge on any atom is 0.270 e. The number of benzene rings is 2. The number of halogens is 2. The minimum Gasteiger partial charge on any atom is -0.389 e. The van der Waals surface area contributed by atoms with Gasteiger partial charge in [0.25, 0.3) is 17.7 Å². The Labute approximate surface area is 269 Å². The largest absolute Gasteiger partial charge is 0.389 e. The molecule has 2 heterocycles. The summed E-state index contributed by atoms with van der Waals surface area (Å²) in [5.74, 6) is -2.29. The molecule has 0 radical (unpaired) electrons. The molecule has 11 heteroatoms. The minimum absolute atomic E-state index is 0.0232. The molecular weight excluding hydrogens is 592 g/mol. The molecule has 1 fully saturated rings. The molecule has 0 unspecified atom stereocenters. The van der Waals surface area contributed by atoms with Gasteiger partial charge < -0.3 is 30.1 Å². The summed E-state index contributed by atoms with van der Waals surface area (Å²) in [5, 5.41) is 17.3. The topological polar surface area (TPSA) is 107 Å². The van der Waals surface area contributed by atoms with Crippen molar-refractivity contribution in [1.82, 2.24) is 19.7 Å². The van der Waals surface area contributed by atoms with E-state index in [1.54, 1.807) is 47.8 Å². The first kappa shape index (κ1) is 34.6. The van der Waals surface area contributed by atoms with Crippen LogP contribution < -0.4 is 10.6 Å². The van der Waals surface area contributed by atoms with Crippen LogP contribution in [0.15, 0.2) is 48.7 Å². The number of hydrogen-bond donors (Lipinski definition) is 3. The van der Waals surface area contributed by atoms with Crippen molar-refractivity contribution in [3.05, 3.63) is 88.2 Å². The zero-order valence-electron chi connectivity index (χ0n) is 27.1. The molecule has 3 amide bonds. The van der Waals surface area contributed by atoms with E-state index in [0.29, 0.717) is 30.0 Å². The maximum atomic E-state index is 14.1. The predicted molar refractivity (Wildman–Crippen MR) is 174 cm³/mol. The summed E-state index contributed by atoms with van der Waals surface area (Å²) in [5.41, 5.74) is 2.73. The van der Waals surface area contributed by atoms with E-state index < -0.39 is 29.7 Å². The van der Waals surface area contributed by atoms with E-state index in [1.807, 2.05) is 18.7 Å². The summed E-state index contributed by atoms with van der Waals surface area (Å²) >= 11 is 0. The number of rotatable bonds is 14. The lowest BCUT2D eigenvalue weighted by Gasteiger charge is -2.25. The van der Waals surface area contributed by atoms with Crippen LogP contribution in [0.1, 0.15) is 81.9 Å². The lowest BCUT2D eigenvalue weighted by atomic mass is 9.99. The van der Waals surface area contributed by atoms with Crippen molar-refractivity contribution in [3.8, 4) is 0 Å². The number of aromatic nitrogens is 1. The van der Waals surface area contributed by atoms with Gasteiger partial charge in [-0.2, -0.15) is 0 Å². The molecule has 4 rings (SSSR count). The molecule has 3 aromatic rings. The Morgan fingerprint density at radius 2 is 1.57 bits per heavy atom. The van der Waals surface area contributed by atoms with E-state index in [1.165, 1.54) is 6.07 Å². The molecule has 9 nitrogen and oxygen atoms in total. The van der Waals surface area contributed by atoms with Gasteiger partial charge in [-0.25, -0.2) is 8.78 Å². The summed E-state index contributed by atoms with van der Waals surface area (Å²) in [6.45, 7) is 8.42. The van der Waals surface area contributed by atoms with E-state index >= 15 is 0 Å². The molecule has 46 heavy (non-hydrogen) atoms. The summed E-state index contributed by atoms with van der Waals surface area (Å²) in [4.78, 5) is 43.4. The Morgan fingerprint density at radius 1 is 0.935 bits per heavy atom. The predicted octanol–water partition coefficient (Wildman–Crippen LogP) is 4.92. The molecule has 1 aliphatic heterocycles. The Morgan fingerprint density at radius 3 is 2.20 bits per heavy atom. The highest BCUT2D eigenvalue weighted by Crippen LogP contribution is 2.20. The number of aryl methyl sites for hydroxylation is 2. The molecule has 0 aliphatic carbocycles. The molecule has 0 bridgehead atoms. The highest BCUT2D eigenvalue weighted by Gasteiger charge is 2.26. The van der Waals surface area contributed by atoms with Crippen LogP contribution in [0.2, 0.25) is 0 Å². The summed E-state index contributed by atoms with van der Waals surface area (Å²) in [6.07, 6.45) is 4.06. The average molecular weight is 638 g/mol. The average Bonchev–Trinajstić information content (AvgIpc) is 3.68. The van der Waals surface area contributed by atoms with Crippen LogP contribution in [-0.2, 0) is 13.5 Å². The van der Waals surface area contributed by atoms with Crippen LogP contribution in [-0.4, -0.2) is 82.1 Å². The third-order valence-electron chi connectivity index (χ3n) is 8.15. The first-order valence-electron chi connectivity index (χ1n) is 16.0. The van der Waals surface area contributed by atoms with Gasteiger partial charge in [0.05, 0.1) is 17.8 Å². The number of amides is 3. The smallest absolute Gasteiger partial charge is 0.270 e. The number of nitrogens with one attached hydrogen (secondary N) is 2. The monoisotopic (exact) mass is 637 g/mol. The number of nitrogens with zero attached hydrogens (tertiary/aromatic N) is 3. The molecule has 1 aromatic heterocycles. The molecule has 2 aromatic carbocycles. The fraction of sp³-hybridized carbons (Fsp3) is 0.457. The van der Waals surface area contributed by atoms with Crippen LogP contribution in [0.3, 0.4) is 0 Å². The second-order valence-electron chi connectivity index (χ2n) is 12.1. The zero-order chi connectivity index (χ0) is 33.4. The molecule has 248 valence electrons. The van der Waals surface area contributed by atoms with E-state index in [-0.39, 0.29) is 35.9 Å². The quantitative estimate of drug-likeness (QED) is 0.233. The highest BCUT2D eigenvalue weighted by molar-refractivity contribution is 6.00. The molecule has 0 saturated carbocycles. The van der Waals surface area contributed by atoms with Crippen molar-refractivity contribution < 1.29 is 28.3 Å². The standard InChI is InChI=1S/C35H45F2N5O4/c1-5-9-41(10-6-2)34(45)26-14-23(3)13-25(18-26)33(44)39-30(17-24-15-27(36)19-28(37)16-24)32(43)21-38-29-20-31(40(4)22-29)35(46)42-11-7-8-12-42/h13-16,18-20,22,30,32,38,43H,5-12,17,21H2,1-4H3,(H,39,44)/t30-,32+/m0/s1. The SMILES string of the molecule is CCCN(CCC)C(=O)c1cc(C)cc(C(=O)N[C@@H](Cc2cc(F)cc(F)c2)[C@H](O)CNc2cc(C(=O)N3CCCC3)n(C)c2)c1. The van der Waals surface area contributed by atoms with Crippen LogP contribution in [0, 0.1) is 18.6 Å². The third-order valence-corrected chi connectivity index (χ3v) is 8.15. The van der Waals surface area contributed by atoms with Gasteiger partial charge in [-0.05, 0) is 86.6 Å². The van der Waals surface area contributed by atoms with E-state index in [0.717, 1.165) is 62.5 Å². The minimum atomic E-state index is -1.19. The summed E-state index contributed by atoms with van der Waals surface area (Å²) in [7, 11) is 1.77. The maximum absolute atomic E-state index is 14.1. The van der Waals surface area contributed by atoms with Gasteiger partial charge in [0, 0.05) is 63.2 Å². The number of anilines is 1. The normalized spacial score (nSPS) is 14.2. The molecule has 1 saturated heterocycles. The first-order chi connectivity index (χ1) is 22.0. The van der Waals surface area contributed by atoms with Gasteiger partial charge >= 0.3 is 0 Å². The van der Waals surface area contributed by atoms with E-state index in [4.69, 9.17) is 0 Å². The molecule has 3 N–H and O–H groups in total. The number of hydrogen-bond acceptors (Lipinski definition) is 5. The Kier molecular flexibility index (Phi) is 11.9. The summed E-state index contributed by atoms with van der Waals surface area (Å²) in [6, 6.07) is 8.78. The van der Waals surface area contributed by atoms with Gasteiger partial charge in [-0.15, -0.1) is 0 Å². The second kappa shape index (κ2) is 15.8. The number of carbonyl (C=O) groups is 3. The first-order valence-corrected chi connectivity index (χ1v) is 16.0.